The van der Waals surface area contributed by atoms with Crippen molar-refractivity contribution in [1.82, 2.24) is 0 Å². The number of carbonyl (C=O) groups is 1. The topological polar surface area (TPSA) is 92.5 Å². The Morgan fingerprint density at radius 1 is 1.45 bits per heavy atom. The van der Waals surface area contributed by atoms with Crippen molar-refractivity contribution in [2.75, 3.05) is 5.32 Å². The summed E-state index contributed by atoms with van der Waals surface area (Å²) < 4.78 is 0.664. The number of nitrogens with one attached hydrogen (secondary N) is 1. The van der Waals surface area contributed by atoms with Gasteiger partial charge in [0.1, 0.15) is 5.75 Å². The number of non-ortho nitro benzene ring substituents is 1. The Hall–Kier alpha value is -1.93. The Kier molecular flexibility index (Phi) is 4.05. The van der Waals surface area contributed by atoms with Gasteiger partial charge in [-0.25, -0.2) is 0 Å². The molecule has 1 heterocycles. The second kappa shape index (κ2) is 5.59. The van der Waals surface area contributed by atoms with Gasteiger partial charge >= 0.3 is 0 Å². The van der Waals surface area contributed by atoms with E-state index in [-0.39, 0.29) is 17.1 Å². The van der Waals surface area contributed by atoms with E-state index in [1.54, 1.807) is 6.07 Å². The lowest BCUT2D eigenvalue weighted by atomic mass is 10.2. The van der Waals surface area contributed by atoms with Crippen LogP contribution in [-0.2, 0) is 0 Å². The molecule has 104 valence electrons. The number of nitro benzene ring substituents is 1. The molecule has 0 aliphatic heterocycles. The SMILES string of the molecule is Cc1cc(C(=O)Nc2cc([N+](=O)[O-])ccc2O)c(Br)s1. The van der Waals surface area contributed by atoms with Gasteiger partial charge in [-0.3, -0.25) is 14.9 Å². The van der Waals surface area contributed by atoms with E-state index in [9.17, 15) is 20.0 Å². The number of carbonyl (C=O) groups excluding carboxylic acids is 1. The van der Waals surface area contributed by atoms with Gasteiger partial charge in [0.2, 0.25) is 0 Å². The number of rotatable bonds is 3. The van der Waals surface area contributed by atoms with Gasteiger partial charge in [-0.2, -0.15) is 0 Å². The number of aromatic hydroxyl groups is 1. The first kappa shape index (κ1) is 14.5. The number of nitrogens with zero attached hydrogens (tertiary/aromatic N) is 1. The maximum atomic E-state index is 12.1. The molecule has 2 N–H and O–H groups in total. The lowest BCUT2D eigenvalue weighted by molar-refractivity contribution is -0.384. The molecule has 6 nitrogen and oxygen atoms in total. The van der Waals surface area contributed by atoms with Crippen LogP contribution in [0.5, 0.6) is 5.75 Å². The maximum Gasteiger partial charge on any atom is 0.271 e. The van der Waals surface area contributed by atoms with Gasteiger partial charge in [0.05, 0.1) is 20.0 Å². The standard InChI is InChI=1S/C12H9BrN2O4S/c1-6-4-8(11(13)20-6)12(17)14-9-5-7(15(18)19)2-3-10(9)16/h2-5,16H,1H3,(H,14,17). The minimum Gasteiger partial charge on any atom is -0.506 e. The summed E-state index contributed by atoms with van der Waals surface area (Å²) in [4.78, 5) is 23.1. The lowest BCUT2D eigenvalue weighted by Gasteiger charge is -2.06. The van der Waals surface area contributed by atoms with Crippen molar-refractivity contribution in [3.63, 3.8) is 0 Å². The summed E-state index contributed by atoms with van der Waals surface area (Å²) in [5, 5.41) is 22.8. The molecule has 8 heteroatoms. The van der Waals surface area contributed by atoms with Crippen LogP contribution in [-0.4, -0.2) is 15.9 Å². The van der Waals surface area contributed by atoms with Crippen LogP contribution in [0.25, 0.3) is 0 Å². The number of hydrogen-bond acceptors (Lipinski definition) is 5. The first-order chi connectivity index (χ1) is 9.38. The van der Waals surface area contributed by atoms with E-state index < -0.39 is 10.8 Å². The van der Waals surface area contributed by atoms with Crippen LogP contribution in [0.15, 0.2) is 28.1 Å². The molecule has 0 aliphatic carbocycles. The largest absolute Gasteiger partial charge is 0.506 e. The Bertz CT molecular complexity index is 699. The molecule has 0 radical (unpaired) electrons. The number of amides is 1. The predicted molar refractivity (Wildman–Crippen MR) is 79.5 cm³/mol. The highest BCUT2D eigenvalue weighted by Crippen LogP contribution is 2.31. The number of benzene rings is 1. The summed E-state index contributed by atoms with van der Waals surface area (Å²) in [6, 6.07) is 5.14. The third-order valence-corrected chi connectivity index (χ3v) is 4.25. The summed E-state index contributed by atoms with van der Waals surface area (Å²) >= 11 is 4.68. The lowest BCUT2D eigenvalue weighted by Crippen LogP contribution is -2.11. The van der Waals surface area contributed by atoms with Crippen LogP contribution < -0.4 is 5.32 Å². The summed E-state index contributed by atoms with van der Waals surface area (Å²) in [6.07, 6.45) is 0. The van der Waals surface area contributed by atoms with Gasteiger partial charge in [0.25, 0.3) is 11.6 Å². The van der Waals surface area contributed by atoms with Gasteiger partial charge in [-0.05, 0) is 35.0 Å². The molecular weight excluding hydrogens is 348 g/mol. The number of anilines is 1. The number of phenolic OH excluding ortho intramolecular Hbond substituents is 1. The monoisotopic (exact) mass is 356 g/mol. The molecule has 1 aromatic heterocycles. The third-order valence-electron chi connectivity index (χ3n) is 2.49. The molecule has 1 aromatic carbocycles. The normalized spacial score (nSPS) is 10.3. The van der Waals surface area contributed by atoms with Crippen LogP contribution in [0.3, 0.4) is 0 Å². The van der Waals surface area contributed by atoms with Crippen molar-refractivity contribution in [1.29, 1.82) is 0 Å². The quantitative estimate of drug-likeness (QED) is 0.498. The highest BCUT2D eigenvalue weighted by atomic mass is 79.9. The van der Waals surface area contributed by atoms with Gasteiger partial charge in [0, 0.05) is 17.0 Å². The molecule has 2 rings (SSSR count). The van der Waals surface area contributed by atoms with E-state index >= 15 is 0 Å². The van der Waals surface area contributed by atoms with Crippen molar-refractivity contribution in [2.45, 2.75) is 6.92 Å². The highest BCUT2D eigenvalue weighted by molar-refractivity contribution is 9.11. The minimum atomic E-state index is -0.597. The highest BCUT2D eigenvalue weighted by Gasteiger charge is 2.17. The van der Waals surface area contributed by atoms with E-state index in [4.69, 9.17) is 0 Å². The average Bonchev–Trinajstić information content (AvgIpc) is 2.71. The Balaban J connectivity index is 2.30. The van der Waals surface area contributed by atoms with Crippen LogP contribution in [0.1, 0.15) is 15.2 Å². The molecule has 0 bridgehead atoms. The molecule has 0 unspecified atom stereocenters. The zero-order chi connectivity index (χ0) is 14.9. The zero-order valence-electron chi connectivity index (χ0n) is 10.2. The Morgan fingerprint density at radius 3 is 2.70 bits per heavy atom. The van der Waals surface area contributed by atoms with Crippen LogP contribution in [0.4, 0.5) is 11.4 Å². The van der Waals surface area contributed by atoms with Gasteiger partial charge in [-0.15, -0.1) is 11.3 Å². The van der Waals surface area contributed by atoms with Crippen molar-refractivity contribution in [3.8, 4) is 5.75 Å². The van der Waals surface area contributed by atoms with Crippen molar-refractivity contribution < 1.29 is 14.8 Å². The molecule has 0 fully saturated rings. The molecule has 0 saturated carbocycles. The van der Waals surface area contributed by atoms with E-state index in [0.29, 0.717) is 9.35 Å². The van der Waals surface area contributed by atoms with Gasteiger partial charge in [0.15, 0.2) is 0 Å². The number of halogens is 1. The summed E-state index contributed by atoms with van der Waals surface area (Å²) in [6.45, 7) is 1.86. The van der Waals surface area contributed by atoms with Gasteiger partial charge in [-0.1, -0.05) is 0 Å². The first-order valence-corrected chi connectivity index (χ1v) is 7.04. The van der Waals surface area contributed by atoms with Crippen LogP contribution in [0, 0.1) is 17.0 Å². The van der Waals surface area contributed by atoms with E-state index in [1.807, 2.05) is 6.92 Å². The number of aryl methyl sites for hydroxylation is 1. The third kappa shape index (κ3) is 2.97. The van der Waals surface area contributed by atoms with Crippen molar-refractivity contribution in [3.05, 3.63) is 48.6 Å². The average molecular weight is 357 g/mol. The molecule has 1 amide bonds. The number of phenols is 1. The fourth-order valence-corrected chi connectivity index (χ4v) is 3.35. The second-order valence-corrected chi connectivity index (χ2v) is 6.53. The smallest absolute Gasteiger partial charge is 0.271 e. The van der Waals surface area contributed by atoms with Crippen LogP contribution >= 0.6 is 27.3 Å². The molecule has 0 aliphatic rings. The fraction of sp³-hybridized carbons (Fsp3) is 0.0833. The molecular formula is C12H9BrN2O4S. The molecule has 0 spiro atoms. The Morgan fingerprint density at radius 2 is 2.15 bits per heavy atom. The Labute approximate surface area is 126 Å². The zero-order valence-corrected chi connectivity index (χ0v) is 12.6. The van der Waals surface area contributed by atoms with Crippen molar-refractivity contribution in [2.24, 2.45) is 0 Å². The molecule has 20 heavy (non-hydrogen) atoms. The summed E-state index contributed by atoms with van der Waals surface area (Å²) in [5.41, 5.74) is 0.206. The molecule has 0 atom stereocenters. The first-order valence-electron chi connectivity index (χ1n) is 5.43. The van der Waals surface area contributed by atoms with Crippen LogP contribution in [0.2, 0.25) is 0 Å². The van der Waals surface area contributed by atoms with E-state index in [2.05, 4.69) is 21.2 Å². The second-order valence-electron chi connectivity index (χ2n) is 3.96. The maximum absolute atomic E-state index is 12.1. The number of thiophene rings is 1. The summed E-state index contributed by atoms with van der Waals surface area (Å²) in [5.74, 6) is -0.677. The fourth-order valence-electron chi connectivity index (χ4n) is 1.57. The predicted octanol–water partition coefficient (Wildman–Crippen LogP) is 3.69. The van der Waals surface area contributed by atoms with Crippen molar-refractivity contribution >= 4 is 44.5 Å². The van der Waals surface area contributed by atoms with E-state index in [1.165, 1.54) is 17.4 Å². The minimum absolute atomic E-state index is 0.0000435. The van der Waals surface area contributed by atoms with E-state index in [0.717, 1.165) is 17.0 Å². The number of nitro groups is 1. The molecule has 0 saturated heterocycles. The number of hydrogen-bond donors (Lipinski definition) is 2. The molecule has 2 aromatic rings. The summed E-state index contributed by atoms with van der Waals surface area (Å²) in [7, 11) is 0. The van der Waals surface area contributed by atoms with Gasteiger partial charge < -0.3 is 10.4 Å².